The van der Waals surface area contributed by atoms with Crippen LogP contribution < -0.4 is 0 Å². The Morgan fingerprint density at radius 2 is 2.08 bits per heavy atom. The molecule has 1 fully saturated rings. The Labute approximate surface area is 146 Å². The molecule has 0 saturated carbocycles. The molecule has 1 N–H and O–H groups in total. The van der Waals surface area contributed by atoms with Crippen LogP contribution in [0.15, 0.2) is 36.7 Å². The van der Waals surface area contributed by atoms with E-state index in [4.69, 9.17) is 0 Å². The van der Waals surface area contributed by atoms with E-state index in [0.717, 1.165) is 25.1 Å². The summed E-state index contributed by atoms with van der Waals surface area (Å²) in [4.78, 5) is 27.3. The first kappa shape index (κ1) is 17.2. The summed E-state index contributed by atoms with van der Waals surface area (Å²) >= 11 is 0. The molecular formula is C18H22N4O3. The highest BCUT2D eigenvalue weighted by molar-refractivity contribution is 5.91. The number of carbonyl (C=O) groups is 2. The van der Waals surface area contributed by atoms with Crippen LogP contribution >= 0.6 is 0 Å². The minimum absolute atomic E-state index is 0.0535. The summed E-state index contributed by atoms with van der Waals surface area (Å²) in [6.45, 7) is 2.32. The van der Waals surface area contributed by atoms with Gasteiger partial charge in [0.15, 0.2) is 0 Å². The number of carbonyl (C=O) groups excluding carboxylic acids is 1. The van der Waals surface area contributed by atoms with Crippen LogP contribution in [0.25, 0.3) is 5.69 Å². The SMILES string of the molecule is CN(C)C(=O)[C@@H]1CCN(Cc2cnn(-c3ccccc3C(=O)O)c2)C1. The molecule has 1 aromatic carbocycles. The Hall–Kier alpha value is -2.67. The third kappa shape index (κ3) is 3.71. The molecule has 1 saturated heterocycles. The van der Waals surface area contributed by atoms with Crippen molar-refractivity contribution in [2.75, 3.05) is 27.2 Å². The highest BCUT2D eigenvalue weighted by Gasteiger charge is 2.29. The molecule has 0 aliphatic carbocycles. The second kappa shape index (κ2) is 7.06. The highest BCUT2D eigenvalue weighted by Crippen LogP contribution is 2.21. The summed E-state index contributed by atoms with van der Waals surface area (Å²) in [5.74, 6) is -0.747. The molecule has 132 valence electrons. The van der Waals surface area contributed by atoms with E-state index in [1.807, 2.05) is 6.20 Å². The van der Waals surface area contributed by atoms with E-state index in [0.29, 0.717) is 12.2 Å². The van der Waals surface area contributed by atoms with E-state index in [9.17, 15) is 14.7 Å². The van der Waals surface area contributed by atoms with Gasteiger partial charge in [0.05, 0.1) is 23.4 Å². The van der Waals surface area contributed by atoms with Crippen molar-refractivity contribution in [3.05, 3.63) is 47.8 Å². The van der Waals surface area contributed by atoms with Crippen LogP contribution in [0.3, 0.4) is 0 Å². The van der Waals surface area contributed by atoms with Crippen LogP contribution in [-0.2, 0) is 11.3 Å². The van der Waals surface area contributed by atoms with Gasteiger partial charge in [0.25, 0.3) is 0 Å². The van der Waals surface area contributed by atoms with Crippen molar-refractivity contribution in [3.63, 3.8) is 0 Å². The first-order valence-corrected chi connectivity index (χ1v) is 8.25. The van der Waals surface area contributed by atoms with Crippen LogP contribution in [0.1, 0.15) is 22.3 Å². The number of nitrogens with zero attached hydrogens (tertiary/aromatic N) is 4. The molecule has 2 heterocycles. The van der Waals surface area contributed by atoms with Crippen LogP contribution in [-0.4, -0.2) is 63.7 Å². The summed E-state index contributed by atoms with van der Waals surface area (Å²) in [5, 5.41) is 13.6. The molecule has 1 aromatic heterocycles. The zero-order chi connectivity index (χ0) is 18.0. The maximum Gasteiger partial charge on any atom is 0.337 e. The Morgan fingerprint density at radius 3 is 2.80 bits per heavy atom. The lowest BCUT2D eigenvalue weighted by Gasteiger charge is -2.17. The zero-order valence-electron chi connectivity index (χ0n) is 14.4. The van der Waals surface area contributed by atoms with E-state index < -0.39 is 5.97 Å². The molecule has 2 aromatic rings. The van der Waals surface area contributed by atoms with Gasteiger partial charge in [0.2, 0.25) is 5.91 Å². The van der Waals surface area contributed by atoms with Gasteiger partial charge in [0, 0.05) is 38.9 Å². The second-order valence-corrected chi connectivity index (χ2v) is 6.57. The van der Waals surface area contributed by atoms with Crippen molar-refractivity contribution in [3.8, 4) is 5.69 Å². The van der Waals surface area contributed by atoms with Gasteiger partial charge in [-0.1, -0.05) is 12.1 Å². The molecule has 0 spiro atoms. The molecule has 7 nitrogen and oxygen atoms in total. The summed E-state index contributed by atoms with van der Waals surface area (Å²) in [5.41, 5.74) is 1.76. The molecule has 3 rings (SSSR count). The molecule has 1 aliphatic heterocycles. The number of carboxylic acid groups (broad SMARTS) is 1. The lowest BCUT2D eigenvalue weighted by molar-refractivity contribution is -0.132. The van der Waals surface area contributed by atoms with Crippen LogP contribution in [0.5, 0.6) is 0 Å². The Kier molecular flexibility index (Phi) is 4.85. The third-order valence-electron chi connectivity index (χ3n) is 4.49. The predicted molar refractivity (Wildman–Crippen MR) is 92.6 cm³/mol. The molecule has 0 unspecified atom stereocenters. The number of rotatable bonds is 5. The predicted octanol–water partition coefficient (Wildman–Crippen LogP) is 1.48. The fourth-order valence-electron chi connectivity index (χ4n) is 3.23. The van der Waals surface area contributed by atoms with Crippen molar-refractivity contribution in [1.82, 2.24) is 19.6 Å². The molecule has 25 heavy (non-hydrogen) atoms. The normalized spacial score (nSPS) is 17.6. The number of para-hydroxylation sites is 1. The molecule has 7 heteroatoms. The first-order valence-electron chi connectivity index (χ1n) is 8.25. The number of aromatic nitrogens is 2. The summed E-state index contributed by atoms with van der Waals surface area (Å²) < 4.78 is 1.59. The number of hydrogen-bond donors (Lipinski definition) is 1. The first-order chi connectivity index (χ1) is 12.0. The fraction of sp³-hybridized carbons (Fsp3) is 0.389. The smallest absolute Gasteiger partial charge is 0.337 e. The number of aromatic carboxylic acids is 1. The van der Waals surface area contributed by atoms with Gasteiger partial charge in [-0.2, -0.15) is 5.10 Å². The van der Waals surface area contributed by atoms with Gasteiger partial charge >= 0.3 is 5.97 Å². The van der Waals surface area contributed by atoms with E-state index in [1.54, 1.807) is 54.1 Å². The van der Waals surface area contributed by atoms with E-state index in [1.165, 1.54) is 0 Å². The number of carboxylic acids is 1. The van der Waals surface area contributed by atoms with E-state index >= 15 is 0 Å². The fourth-order valence-corrected chi connectivity index (χ4v) is 3.23. The van der Waals surface area contributed by atoms with Crippen LogP contribution in [0.2, 0.25) is 0 Å². The Morgan fingerprint density at radius 1 is 1.32 bits per heavy atom. The van der Waals surface area contributed by atoms with Gasteiger partial charge in [-0.15, -0.1) is 0 Å². The maximum absolute atomic E-state index is 12.1. The minimum Gasteiger partial charge on any atom is -0.478 e. The lowest BCUT2D eigenvalue weighted by atomic mass is 10.1. The van der Waals surface area contributed by atoms with Crippen LogP contribution in [0, 0.1) is 5.92 Å². The number of amides is 1. The summed E-state index contributed by atoms with van der Waals surface area (Å²) in [7, 11) is 3.57. The van der Waals surface area contributed by atoms with Gasteiger partial charge in [-0.25, -0.2) is 9.48 Å². The minimum atomic E-state index is -0.975. The topological polar surface area (TPSA) is 78.7 Å². The maximum atomic E-state index is 12.1. The number of benzene rings is 1. The Balaban J connectivity index is 1.69. The molecule has 1 atom stereocenters. The number of likely N-dealkylation sites (tertiary alicyclic amines) is 1. The van der Waals surface area contributed by atoms with E-state index in [2.05, 4.69) is 10.00 Å². The Bertz CT molecular complexity index is 784. The van der Waals surface area contributed by atoms with Crippen LogP contribution in [0.4, 0.5) is 0 Å². The molecule has 0 radical (unpaired) electrons. The molecule has 0 bridgehead atoms. The average Bonchev–Trinajstić information content (AvgIpc) is 3.24. The van der Waals surface area contributed by atoms with Crippen molar-refractivity contribution in [1.29, 1.82) is 0 Å². The van der Waals surface area contributed by atoms with Crippen molar-refractivity contribution < 1.29 is 14.7 Å². The third-order valence-corrected chi connectivity index (χ3v) is 4.49. The van der Waals surface area contributed by atoms with Gasteiger partial charge < -0.3 is 10.0 Å². The lowest BCUT2D eigenvalue weighted by Crippen LogP contribution is -2.31. The van der Waals surface area contributed by atoms with Crippen molar-refractivity contribution >= 4 is 11.9 Å². The second-order valence-electron chi connectivity index (χ2n) is 6.57. The number of hydrogen-bond acceptors (Lipinski definition) is 4. The average molecular weight is 342 g/mol. The monoisotopic (exact) mass is 342 g/mol. The highest BCUT2D eigenvalue weighted by atomic mass is 16.4. The summed E-state index contributed by atoms with van der Waals surface area (Å²) in [6.07, 6.45) is 4.47. The zero-order valence-corrected chi connectivity index (χ0v) is 14.4. The van der Waals surface area contributed by atoms with Crippen molar-refractivity contribution in [2.24, 2.45) is 5.92 Å². The standard InChI is InChI=1S/C18H22N4O3/c1-20(2)17(23)14-7-8-21(12-14)10-13-9-19-22(11-13)16-6-4-3-5-15(16)18(24)25/h3-6,9,11,14H,7-8,10,12H2,1-2H3,(H,24,25)/t14-/m1/s1. The van der Waals surface area contributed by atoms with E-state index in [-0.39, 0.29) is 17.4 Å². The molecule has 1 aliphatic rings. The molecular weight excluding hydrogens is 320 g/mol. The molecule has 1 amide bonds. The van der Waals surface area contributed by atoms with Gasteiger partial charge in [0.1, 0.15) is 0 Å². The summed E-state index contributed by atoms with van der Waals surface area (Å²) in [6, 6.07) is 6.80. The van der Waals surface area contributed by atoms with Crippen molar-refractivity contribution in [2.45, 2.75) is 13.0 Å². The largest absolute Gasteiger partial charge is 0.478 e. The van der Waals surface area contributed by atoms with Gasteiger partial charge in [-0.3, -0.25) is 9.69 Å². The quantitative estimate of drug-likeness (QED) is 0.890. The van der Waals surface area contributed by atoms with Gasteiger partial charge in [-0.05, 0) is 25.1 Å².